The van der Waals surface area contributed by atoms with E-state index in [2.05, 4.69) is 10.6 Å². The number of aliphatic hydroxyl groups is 1. The van der Waals surface area contributed by atoms with Crippen molar-refractivity contribution in [3.63, 3.8) is 0 Å². The van der Waals surface area contributed by atoms with Crippen molar-refractivity contribution < 1.29 is 14.7 Å². The minimum atomic E-state index is -0.229. The molecule has 0 unspecified atom stereocenters. The van der Waals surface area contributed by atoms with Crippen LogP contribution < -0.4 is 10.6 Å². The van der Waals surface area contributed by atoms with Crippen LogP contribution in [0.5, 0.6) is 0 Å². The van der Waals surface area contributed by atoms with Gasteiger partial charge in [0.1, 0.15) is 0 Å². The lowest BCUT2D eigenvalue weighted by molar-refractivity contribution is 0.0955. The summed E-state index contributed by atoms with van der Waals surface area (Å²) in [4.78, 5) is 26.0. The summed E-state index contributed by atoms with van der Waals surface area (Å²) in [6.07, 6.45) is 1.72. The number of hydrogen-bond donors (Lipinski definition) is 3. The molecule has 0 aliphatic carbocycles. The van der Waals surface area contributed by atoms with Gasteiger partial charge < -0.3 is 20.6 Å². The second kappa shape index (κ2) is 7.26. The van der Waals surface area contributed by atoms with Crippen molar-refractivity contribution in [3.05, 3.63) is 29.3 Å². The molecule has 1 aromatic rings. The van der Waals surface area contributed by atoms with Gasteiger partial charge in [0.05, 0.1) is 12.6 Å². The molecule has 3 N–H and O–H groups in total. The molecule has 1 aliphatic heterocycles. The first kappa shape index (κ1) is 16.3. The Labute approximate surface area is 130 Å². The van der Waals surface area contributed by atoms with Crippen molar-refractivity contribution in [2.45, 2.75) is 32.7 Å². The molecule has 6 heteroatoms. The zero-order valence-corrected chi connectivity index (χ0v) is 13.1. The number of carbonyl (C=O) groups excluding carboxylic acids is 2. The lowest BCUT2D eigenvalue weighted by Crippen LogP contribution is -2.40. The Morgan fingerprint density at radius 3 is 2.86 bits per heavy atom. The summed E-state index contributed by atoms with van der Waals surface area (Å²) in [5.41, 5.74) is 1.92. The zero-order chi connectivity index (χ0) is 16.1. The summed E-state index contributed by atoms with van der Waals surface area (Å²) >= 11 is 0. The molecule has 1 saturated heterocycles. The molecule has 120 valence electrons. The lowest BCUT2D eigenvalue weighted by Gasteiger charge is -2.24. The monoisotopic (exact) mass is 305 g/mol. The van der Waals surface area contributed by atoms with E-state index in [4.69, 9.17) is 0 Å². The maximum absolute atomic E-state index is 12.3. The first-order chi connectivity index (χ1) is 10.6. The number of amides is 3. The van der Waals surface area contributed by atoms with E-state index < -0.39 is 0 Å². The first-order valence-electron chi connectivity index (χ1n) is 7.64. The van der Waals surface area contributed by atoms with E-state index in [1.807, 2.05) is 13.8 Å². The number of likely N-dealkylation sites (tertiary alicyclic amines) is 1. The van der Waals surface area contributed by atoms with E-state index in [0.717, 1.165) is 18.4 Å². The molecule has 0 spiro atoms. The molecule has 0 radical (unpaired) electrons. The van der Waals surface area contributed by atoms with E-state index in [-0.39, 0.29) is 24.6 Å². The average Bonchev–Trinajstić information content (AvgIpc) is 2.98. The highest BCUT2D eigenvalue weighted by atomic mass is 16.3. The van der Waals surface area contributed by atoms with Crippen molar-refractivity contribution in [3.8, 4) is 0 Å². The topological polar surface area (TPSA) is 81.7 Å². The molecule has 1 fully saturated rings. The second-order valence-electron chi connectivity index (χ2n) is 5.44. The van der Waals surface area contributed by atoms with E-state index in [0.29, 0.717) is 24.3 Å². The number of nitrogens with zero attached hydrogens (tertiary/aromatic N) is 1. The van der Waals surface area contributed by atoms with Crippen LogP contribution in [-0.4, -0.2) is 47.7 Å². The van der Waals surface area contributed by atoms with Crippen molar-refractivity contribution >= 4 is 17.6 Å². The fourth-order valence-electron chi connectivity index (χ4n) is 2.75. The van der Waals surface area contributed by atoms with Crippen molar-refractivity contribution in [2.24, 2.45) is 0 Å². The molecule has 2 rings (SSSR count). The van der Waals surface area contributed by atoms with Crippen LogP contribution in [0.2, 0.25) is 0 Å². The van der Waals surface area contributed by atoms with E-state index in [9.17, 15) is 14.7 Å². The first-order valence-corrected chi connectivity index (χ1v) is 7.64. The van der Waals surface area contributed by atoms with Gasteiger partial charge in [0.25, 0.3) is 5.91 Å². The summed E-state index contributed by atoms with van der Waals surface area (Å²) in [6.45, 7) is 4.85. The predicted octanol–water partition coefficient (Wildman–Crippen LogP) is 1.73. The maximum atomic E-state index is 12.3. The summed E-state index contributed by atoms with van der Waals surface area (Å²) in [7, 11) is 0. The van der Waals surface area contributed by atoms with E-state index in [1.165, 1.54) is 0 Å². The molecule has 0 aromatic heterocycles. The van der Waals surface area contributed by atoms with Crippen LogP contribution in [0.4, 0.5) is 10.5 Å². The molecule has 6 nitrogen and oxygen atoms in total. The SMILES string of the molecule is CCNC(=O)c1cccc(NC(=O)N2CCC[C@H]2CO)c1C. The Kier molecular flexibility index (Phi) is 5.38. The number of hydrogen-bond acceptors (Lipinski definition) is 3. The Morgan fingerprint density at radius 1 is 1.41 bits per heavy atom. The molecule has 1 atom stereocenters. The van der Waals surface area contributed by atoms with Gasteiger partial charge in [0, 0.05) is 24.3 Å². The molecule has 1 aliphatic rings. The highest BCUT2D eigenvalue weighted by molar-refractivity contribution is 5.99. The van der Waals surface area contributed by atoms with Crippen LogP contribution >= 0.6 is 0 Å². The molecule has 22 heavy (non-hydrogen) atoms. The lowest BCUT2D eigenvalue weighted by atomic mass is 10.1. The molecule has 0 bridgehead atoms. The standard InChI is InChI=1S/C16H23N3O3/c1-3-17-15(21)13-7-4-8-14(11(13)2)18-16(22)19-9-5-6-12(19)10-20/h4,7-8,12,20H,3,5-6,9-10H2,1-2H3,(H,17,21)(H,18,22)/t12-/m0/s1. The largest absolute Gasteiger partial charge is 0.394 e. The molecular weight excluding hydrogens is 282 g/mol. The summed E-state index contributed by atoms with van der Waals surface area (Å²) in [5.74, 6) is -0.148. The van der Waals surface area contributed by atoms with Crippen molar-refractivity contribution in [1.82, 2.24) is 10.2 Å². The Bertz CT molecular complexity index is 560. The second-order valence-corrected chi connectivity index (χ2v) is 5.44. The number of aliphatic hydroxyl groups excluding tert-OH is 1. The number of urea groups is 1. The van der Waals surface area contributed by atoms with Gasteiger partial charge in [-0.05, 0) is 44.4 Å². The van der Waals surface area contributed by atoms with Gasteiger partial charge in [-0.2, -0.15) is 0 Å². The number of rotatable bonds is 4. The van der Waals surface area contributed by atoms with Gasteiger partial charge in [-0.25, -0.2) is 4.79 Å². The summed E-state index contributed by atoms with van der Waals surface area (Å²) in [6, 6.07) is 4.92. The Morgan fingerprint density at radius 2 is 2.18 bits per heavy atom. The molecular formula is C16H23N3O3. The van der Waals surface area contributed by atoms with Crippen LogP contribution in [0, 0.1) is 6.92 Å². The Balaban J connectivity index is 2.14. The highest BCUT2D eigenvalue weighted by Gasteiger charge is 2.28. The van der Waals surface area contributed by atoms with Crippen LogP contribution in [0.1, 0.15) is 35.7 Å². The number of anilines is 1. The molecule has 3 amide bonds. The predicted molar refractivity (Wildman–Crippen MR) is 85.0 cm³/mol. The quantitative estimate of drug-likeness (QED) is 0.792. The molecule has 1 heterocycles. The zero-order valence-electron chi connectivity index (χ0n) is 13.1. The summed E-state index contributed by atoms with van der Waals surface area (Å²) < 4.78 is 0. The Hall–Kier alpha value is -2.08. The third-order valence-corrected chi connectivity index (χ3v) is 4.01. The fraction of sp³-hybridized carbons (Fsp3) is 0.500. The van der Waals surface area contributed by atoms with Gasteiger partial charge in [0.2, 0.25) is 0 Å². The van der Waals surface area contributed by atoms with Crippen LogP contribution in [0.25, 0.3) is 0 Å². The van der Waals surface area contributed by atoms with Crippen LogP contribution in [0.15, 0.2) is 18.2 Å². The number of benzene rings is 1. The highest BCUT2D eigenvalue weighted by Crippen LogP contribution is 2.22. The number of nitrogens with one attached hydrogen (secondary N) is 2. The molecule has 0 saturated carbocycles. The van der Waals surface area contributed by atoms with Gasteiger partial charge in [-0.1, -0.05) is 6.07 Å². The normalized spacial score (nSPS) is 17.4. The minimum Gasteiger partial charge on any atom is -0.394 e. The maximum Gasteiger partial charge on any atom is 0.322 e. The number of carbonyl (C=O) groups is 2. The van der Waals surface area contributed by atoms with E-state index >= 15 is 0 Å². The average molecular weight is 305 g/mol. The van der Waals surface area contributed by atoms with Crippen molar-refractivity contribution in [2.75, 3.05) is 25.0 Å². The van der Waals surface area contributed by atoms with Crippen LogP contribution in [0.3, 0.4) is 0 Å². The third-order valence-electron chi connectivity index (χ3n) is 4.01. The molecule has 1 aromatic carbocycles. The fourth-order valence-corrected chi connectivity index (χ4v) is 2.75. The van der Waals surface area contributed by atoms with Gasteiger partial charge >= 0.3 is 6.03 Å². The van der Waals surface area contributed by atoms with Gasteiger partial charge in [-0.3, -0.25) is 4.79 Å². The third kappa shape index (κ3) is 3.39. The smallest absolute Gasteiger partial charge is 0.322 e. The summed E-state index contributed by atoms with van der Waals surface area (Å²) in [5, 5.41) is 14.9. The van der Waals surface area contributed by atoms with Crippen LogP contribution in [-0.2, 0) is 0 Å². The van der Waals surface area contributed by atoms with E-state index in [1.54, 1.807) is 23.1 Å². The van der Waals surface area contributed by atoms with Crippen molar-refractivity contribution in [1.29, 1.82) is 0 Å². The van der Waals surface area contributed by atoms with Gasteiger partial charge in [0.15, 0.2) is 0 Å². The minimum absolute atomic E-state index is 0.0225. The van der Waals surface area contributed by atoms with Gasteiger partial charge in [-0.15, -0.1) is 0 Å².